The normalized spacial score (nSPS) is 16.9. The van der Waals surface area contributed by atoms with Crippen molar-refractivity contribution in [3.8, 4) is 16.7 Å². The number of hydrogen-bond acceptors (Lipinski definition) is 6. The molecule has 0 spiro atoms. The van der Waals surface area contributed by atoms with Gasteiger partial charge in [-0.3, -0.25) is 4.79 Å². The zero-order valence-electron chi connectivity index (χ0n) is 15.3. The minimum atomic E-state index is 0.0235. The van der Waals surface area contributed by atoms with Crippen LogP contribution in [0.1, 0.15) is 23.2 Å². The third-order valence-electron chi connectivity index (χ3n) is 5.06. The monoisotopic (exact) mass is 396 g/mol. The van der Waals surface area contributed by atoms with Crippen molar-refractivity contribution in [2.75, 3.05) is 26.3 Å². The molecule has 2 aliphatic rings. The molecule has 0 radical (unpaired) electrons. The summed E-state index contributed by atoms with van der Waals surface area (Å²) in [4.78, 5) is 19.3. The Morgan fingerprint density at radius 1 is 1.07 bits per heavy atom. The second-order valence-corrected chi connectivity index (χ2v) is 7.91. The number of fused-ring (bicyclic) bond motifs is 2. The number of piperidine rings is 1. The summed E-state index contributed by atoms with van der Waals surface area (Å²) in [5, 5.41) is 0.706. The van der Waals surface area contributed by atoms with Crippen molar-refractivity contribution < 1.29 is 19.0 Å². The van der Waals surface area contributed by atoms with Gasteiger partial charge in [-0.25, -0.2) is 4.98 Å². The van der Waals surface area contributed by atoms with Crippen LogP contribution in [0, 0.1) is 0 Å². The second-order valence-electron chi connectivity index (χ2n) is 6.92. The van der Waals surface area contributed by atoms with Crippen LogP contribution in [0.25, 0.3) is 10.2 Å². The molecule has 1 aromatic heterocycles. The first-order valence-electron chi connectivity index (χ1n) is 9.47. The Kier molecular flexibility index (Phi) is 4.52. The van der Waals surface area contributed by atoms with Gasteiger partial charge in [-0.2, -0.15) is 0 Å². The molecule has 1 fully saturated rings. The minimum Gasteiger partial charge on any atom is -0.486 e. The molecule has 0 bridgehead atoms. The SMILES string of the molecule is O=C(c1ccc2c(c1)OCCO2)N1CCC(Oc2nc3ccccc3s2)CC1. The highest BCUT2D eigenvalue weighted by atomic mass is 32.1. The highest BCUT2D eigenvalue weighted by Gasteiger charge is 2.26. The van der Waals surface area contributed by atoms with E-state index < -0.39 is 0 Å². The molecule has 6 nitrogen and oxygen atoms in total. The molecule has 0 aliphatic carbocycles. The number of ether oxygens (including phenoxy) is 3. The lowest BCUT2D eigenvalue weighted by molar-refractivity contribution is 0.0594. The lowest BCUT2D eigenvalue weighted by Gasteiger charge is -2.31. The van der Waals surface area contributed by atoms with Gasteiger partial charge in [0.15, 0.2) is 11.5 Å². The van der Waals surface area contributed by atoms with E-state index in [0.717, 1.165) is 23.1 Å². The predicted molar refractivity (Wildman–Crippen MR) is 107 cm³/mol. The van der Waals surface area contributed by atoms with Gasteiger partial charge in [0.2, 0.25) is 0 Å². The van der Waals surface area contributed by atoms with E-state index in [0.29, 0.717) is 48.6 Å². The number of thiazole rings is 1. The van der Waals surface area contributed by atoms with E-state index in [-0.39, 0.29) is 12.0 Å². The summed E-state index contributed by atoms with van der Waals surface area (Å²) < 4.78 is 18.3. The highest BCUT2D eigenvalue weighted by molar-refractivity contribution is 7.20. The van der Waals surface area contributed by atoms with E-state index >= 15 is 0 Å². The smallest absolute Gasteiger partial charge is 0.274 e. The number of hydrogen-bond donors (Lipinski definition) is 0. The van der Waals surface area contributed by atoms with Crippen LogP contribution in [0.3, 0.4) is 0 Å². The molecule has 2 aromatic carbocycles. The van der Waals surface area contributed by atoms with Crippen LogP contribution in [-0.4, -0.2) is 48.2 Å². The molecule has 5 rings (SSSR count). The maximum Gasteiger partial charge on any atom is 0.274 e. The molecule has 2 aliphatic heterocycles. The molecule has 1 saturated heterocycles. The topological polar surface area (TPSA) is 60.9 Å². The van der Waals surface area contributed by atoms with Crippen LogP contribution in [0.15, 0.2) is 42.5 Å². The molecule has 3 heterocycles. The van der Waals surface area contributed by atoms with Crippen LogP contribution in [-0.2, 0) is 0 Å². The summed E-state index contributed by atoms with van der Waals surface area (Å²) in [5.74, 6) is 1.37. The van der Waals surface area contributed by atoms with Gasteiger partial charge in [0.1, 0.15) is 19.3 Å². The van der Waals surface area contributed by atoms with Crippen molar-refractivity contribution in [2.45, 2.75) is 18.9 Å². The van der Waals surface area contributed by atoms with Gasteiger partial charge in [-0.05, 0) is 30.3 Å². The Hall–Kier alpha value is -2.80. The third-order valence-corrected chi connectivity index (χ3v) is 5.99. The fraction of sp³-hybridized carbons (Fsp3) is 0.333. The van der Waals surface area contributed by atoms with Crippen molar-refractivity contribution in [3.05, 3.63) is 48.0 Å². The molecule has 7 heteroatoms. The first kappa shape index (κ1) is 17.3. The summed E-state index contributed by atoms with van der Waals surface area (Å²) in [6, 6.07) is 13.4. The van der Waals surface area contributed by atoms with Crippen molar-refractivity contribution in [1.29, 1.82) is 0 Å². The molecule has 0 atom stereocenters. The highest BCUT2D eigenvalue weighted by Crippen LogP contribution is 2.32. The Labute approximate surface area is 166 Å². The Morgan fingerprint density at radius 3 is 2.68 bits per heavy atom. The molecule has 0 unspecified atom stereocenters. The van der Waals surface area contributed by atoms with Gasteiger partial charge in [0.25, 0.3) is 11.1 Å². The number of carbonyl (C=O) groups is 1. The number of para-hydroxylation sites is 1. The number of rotatable bonds is 3. The van der Waals surface area contributed by atoms with E-state index in [1.54, 1.807) is 23.5 Å². The lowest BCUT2D eigenvalue weighted by Crippen LogP contribution is -2.41. The fourth-order valence-electron chi connectivity index (χ4n) is 3.58. The van der Waals surface area contributed by atoms with E-state index in [4.69, 9.17) is 14.2 Å². The predicted octanol–water partition coefficient (Wildman–Crippen LogP) is 3.75. The number of aromatic nitrogens is 1. The number of benzene rings is 2. The first-order chi connectivity index (χ1) is 13.8. The summed E-state index contributed by atoms with van der Waals surface area (Å²) in [6.45, 7) is 2.40. The van der Waals surface area contributed by atoms with E-state index in [2.05, 4.69) is 11.1 Å². The molecule has 144 valence electrons. The number of amides is 1. The Balaban J connectivity index is 1.21. The van der Waals surface area contributed by atoms with Gasteiger partial charge in [0.05, 0.1) is 10.2 Å². The summed E-state index contributed by atoms with van der Waals surface area (Å²) in [5.41, 5.74) is 1.60. The van der Waals surface area contributed by atoms with Gasteiger partial charge < -0.3 is 19.1 Å². The molecule has 0 saturated carbocycles. The fourth-order valence-corrected chi connectivity index (χ4v) is 4.46. The van der Waals surface area contributed by atoms with E-state index in [1.807, 2.05) is 29.2 Å². The number of nitrogens with zero attached hydrogens (tertiary/aromatic N) is 2. The van der Waals surface area contributed by atoms with Crippen molar-refractivity contribution >= 4 is 27.5 Å². The number of carbonyl (C=O) groups excluding carboxylic acids is 1. The van der Waals surface area contributed by atoms with Gasteiger partial charge in [-0.1, -0.05) is 23.5 Å². The van der Waals surface area contributed by atoms with Crippen molar-refractivity contribution in [3.63, 3.8) is 0 Å². The molecule has 1 amide bonds. The van der Waals surface area contributed by atoms with E-state index in [9.17, 15) is 4.79 Å². The van der Waals surface area contributed by atoms with Crippen molar-refractivity contribution in [1.82, 2.24) is 9.88 Å². The standard InChI is InChI=1S/C21H20N2O4S/c24-20(14-5-6-17-18(13-14)26-12-11-25-17)23-9-7-15(8-10-23)27-21-22-16-3-1-2-4-19(16)28-21/h1-6,13,15H,7-12H2. The summed E-state index contributed by atoms with van der Waals surface area (Å²) >= 11 is 1.57. The lowest BCUT2D eigenvalue weighted by atomic mass is 10.1. The van der Waals surface area contributed by atoms with Gasteiger partial charge >= 0.3 is 0 Å². The summed E-state index contributed by atoms with van der Waals surface area (Å²) in [7, 11) is 0. The summed E-state index contributed by atoms with van der Waals surface area (Å²) in [6.07, 6.45) is 1.68. The molecular weight excluding hydrogens is 376 g/mol. The van der Waals surface area contributed by atoms with Crippen LogP contribution in [0.4, 0.5) is 0 Å². The average molecular weight is 396 g/mol. The van der Waals surface area contributed by atoms with Crippen LogP contribution in [0.5, 0.6) is 16.7 Å². The maximum atomic E-state index is 12.8. The van der Waals surface area contributed by atoms with Crippen molar-refractivity contribution in [2.24, 2.45) is 0 Å². The average Bonchev–Trinajstić information content (AvgIpc) is 3.16. The second kappa shape index (κ2) is 7.31. The quantitative estimate of drug-likeness (QED) is 0.675. The molecule has 0 N–H and O–H groups in total. The molecular formula is C21H20N2O4S. The Bertz CT molecular complexity index is 978. The van der Waals surface area contributed by atoms with Gasteiger partial charge in [0, 0.05) is 31.5 Å². The van der Waals surface area contributed by atoms with Crippen LogP contribution < -0.4 is 14.2 Å². The third kappa shape index (κ3) is 3.38. The zero-order valence-corrected chi connectivity index (χ0v) is 16.1. The van der Waals surface area contributed by atoms with Gasteiger partial charge in [-0.15, -0.1) is 0 Å². The maximum absolute atomic E-state index is 12.8. The van der Waals surface area contributed by atoms with Crippen LogP contribution >= 0.6 is 11.3 Å². The molecule has 3 aromatic rings. The Morgan fingerprint density at radius 2 is 1.86 bits per heavy atom. The largest absolute Gasteiger partial charge is 0.486 e. The first-order valence-corrected chi connectivity index (χ1v) is 10.3. The minimum absolute atomic E-state index is 0.0235. The number of likely N-dealkylation sites (tertiary alicyclic amines) is 1. The van der Waals surface area contributed by atoms with Crippen LogP contribution in [0.2, 0.25) is 0 Å². The van der Waals surface area contributed by atoms with E-state index in [1.165, 1.54) is 0 Å². The zero-order chi connectivity index (χ0) is 18.9. The molecule has 28 heavy (non-hydrogen) atoms.